The fourth-order valence-electron chi connectivity index (χ4n) is 10.4. The minimum atomic E-state index is -0.392. The Morgan fingerprint density at radius 1 is 0.290 bits per heavy atom. The van der Waals surface area contributed by atoms with E-state index in [9.17, 15) is 0 Å². The van der Waals surface area contributed by atoms with E-state index in [1.807, 2.05) is 36.4 Å². The summed E-state index contributed by atoms with van der Waals surface area (Å²) in [4.78, 5) is 15.5. The molecule has 4 nitrogen and oxygen atoms in total. The Morgan fingerprint density at radius 2 is 0.758 bits per heavy atom. The fraction of sp³-hybridized carbons (Fsp3) is 0.0172. The maximum Gasteiger partial charge on any atom is 0.164 e. The molecule has 62 heavy (non-hydrogen) atoms. The molecule has 0 fully saturated rings. The van der Waals surface area contributed by atoms with Crippen molar-refractivity contribution in [3.05, 3.63) is 235 Å². The number of aromatic nitrogens is 3. The van der Waals surface area contributed by atoms with Crippen LogP contribution in [0.15, 0.2) is 217 Å². The summed E-state index contributed by atoms with van der Waals surface area (Å²) in [5, 5.41) is 2.15. The van der Waals surface area contributed by atoms with E-state index in [1.54, 1.807) is 0 Å². The molecule has 2 aliphatic rings. The van der Waals surface area contributed by atoms with Gasteiger partial charge in [0.2, 0.25) is 0 Å². The van der Waals surface area contributed by atoms with Gasteiger partial charge in [-0.25, -0.2) is 15.0 Å². The van der Waals surface area contributed by atoms with Crippen molar-refractivity contribution >= 4 is 21.9 Å². The number of benzene rings is 9. The number of furan rings is 1. The molecule has 4 heteroatoms. The molecular weight excluding hydrogens is 755 g/mol. The van der Waals surface area contributed by atoms with Crippen molar-refractivity contribution in [2.45, 2.75) is 5.41 Å². The molecule has 0 aliphatic heterocycles. The van der Waals surface area contributed by atoms with Crippen LogP contribution in [0.3, 0.4) is 0 Å². The molecule has 0 bridgehead atoms. The van der Waals surface area contributed by atoms with Gasteiger partial charge in [0, 0.05) is 27.5 Å². The SMILES string of the molecule is c1ccc(-c2nc(-c3ccc(-c4cccc5c4-c4ccccc4C54c5ccccc5-c5ccccc54)cc3)nc(-c3ccccc3-c3cccc4oc5ccccc5c34)n2)cc1. The van der Waals surface area contributed by atoms with Crippen LogP contribution in [0.4, 0.5) is 0 Å². The van der Waals surface area contributed by atoms with Crippen molar-refractivity contribution < 1.29 is 4.42 Å². The van der Waals surface area contributed by atoms with Crippen LogP contribution in [0, 0.1) is 0 Å². The number of para-hydroxylation sites is 1. The van der Waals surface area contributed by atoms with Crippen LogP contribution in [0.5, 0.6) is 0 Å². The van der Waals surface area contributed by atoms with Crippen LogP contribution in [-0.4, -0.2) is 15.0 Å². The summed E-state index contributed by atoms with van der Waals surface area (Å²) in [7, 11) is 0. The topological polar surface area (TPSA) is 51.8 Å². The predicted molar refractivity (Wildman–Crippen MR) is 251 cm³/mol. The smallest absolute Gasteiger partial charge is 0.164 e. The normalized spacial score (nSPS) is 13.0. The van der Waals surface area contributed by atoms with Crippen molar-refractivity contribution in [2.24, 2.45) is 0 Å². The minimum absolute atomic E-state index is 0.392. The van der Waals surface area contributed by atoms with Gasteiger partial charge in [-0.05, 0) is 78.9 Å². The average Bonchev–Trinajstić information content (AvgIpc) is 3.99. The molecular formula is C58H35N3O. The lowest BCUT2D eigenvalue weighted by Gasteiger charge is -2.30. The van der Waals surface area contributed by atoms with Gasteiger partial charge in [-0.2, -0.15) is 0 Å². The molecule has 0 unspecified atom stereocenters. The van der Waals surface area contributed by atoms with Gasteiger partial charge in [-0.1, -0.05) is 200 Å². The molecule has 0 N–H and O–H groups in total. The van der Waals surface area contributed by atoms with Gasteiger partial charge in [0.15, 0.2) is 17.5 Å². The van der Waals surface area contributed by atoms with E-state index in [-0.39, 0.29) is 0 Å². The lowest BCUT2D eigenvalue weighted by Crippen LogP contribution is -2.25. The number of rotatable bonds is 5. The van der Waals surface area contributed by atoms with E-state index in [1.165, 1.54) is 50.1 Å². The maximum absolute atomic E-state index is 6.31. The predicted octanol–water partition coefficient (Wildman–Crippen LogP) is 14.4. The lowest BCUT2D eigenvalue weighted by atomic mass is 9.70. The molecule has 288 valence electrons. The van der Waals surface area contributed by atoms with Gasteiger partial charge < -0.3 is 4.42 Å². The highest BCUT2D eigenvalue weighted by Crippen LogP contribution is 2.64. The number of hydrogen-bond acceptors (Lipinski definition) is 4. The van der Waals surface area contributed by atoms with Crippen molar-refractivity contribution in [1.29, 1.82) is 0 Å². The number of fused-ring (bicyclic) bond motifs is 13. The molecule has 2 heterocycles. The largest absolute Gasteiger partial charge is 0.456 e. The molecule has 1 spiro atoms. The van der Waals surface area contributed by atoms with E-state index in [4.69, 9.17) is 19.4 Å². The summed E-state index contributed by atoms with van der Waals surface area (Å²) < 4.78 is 6.31. The zero-order chi connectivity index (χ0) is 40.8. The third-order valence-corrected chi connectivity index (χ3v) is 13.0. The molecule has 2 aromatic heterocycles. The number of nitrogens with zero attached hydrogens (tertiary/aromatic N) is 3. The highest BCUT2D eigenvalue weighted by molar-refractivity contribution is 6.13. The summed E-state index contributed by atoms with van der Waals surface area (Å²) >= 11 is 0. The third-order valence-electron chi connectivity index (χ3n) is 13.0. The zero-order valence-electron chi connectivity index (χ0n) is 33.5. The fourth-order valence-corrected chi connectivity index (χ4v) is 10.4. The molecule has 0 saturated heterocycles. The van der Waals surface area contributed by atoms with Gasteiger partial charge in [-0.15, -0.1) is 0 Å². The Hall–Kier alpha value is -8.21. The molecule has 9 aromatic carbocycles. The Labute approximate surface area is 358 Å². The molecule has 11 aromatic rings. The molecule has 0 saturated carbocycles. The summed E-state index contributed by atoms with van der Waals surface area (Å²) in [6.07, 6.45) is 0. The van der Waals surface area contributed by atoms with Crippen LogP contribution >= 0.6 is 0 Å². The van der Waals surface area contributed by atoms with Gasteiger partial charge in [0.25, 0.3) is 0 Å². The van der Waals surface area contributed by atoms with Crippen LogP contribution in [0.25, 0.3) is 101 Å². The second kappa shape index (κ2) is 13.4. The summed E-state index contributed by atoms with van der Waals surface area (Å²) in [5.74, 6) is 1.85. The first-order chi connectivity index (χ1) is 30.8. The van der Waals surface area contributed by atoms with E-state index < -0.39 is 5.41 Å². The first-order valence-corrected chi connectivity index (χ1v) is 21.1. The highest BCUT2D eigenvalue weighted by atomic mass is 16.3. The second-order valence-electron chi connectivity index (χ2n) is 16.2. The lowest BCUT2D eigenvalue weighted by molar-refractivity contribution is 0.669. The van der Waals surface area contributed by atoms with E-state index in [0.717, 1.165) is 55.3 Å². The monoisotopic (exact) mass is 789 g/mol. The Morgan fingerprint density at radius 3 is 1.48 bits per heavy atom. The standard InChI is InChI=1S/C58H35N3O/c1-2-16-37(17-3-1)55-59-56(61-57(60-55)44-21-5-4-18-40(44)43-25-15-31-52-54(43)46-23-9-13-30-51(46)62-52)38-34-32-36(33-35-38)39-24-14-29-50-53(39)45-22-8-12-28-49(45)58(50)47-26-10-6-19-41(47)42-20-7-11-27-48(42)58/h1-35H. The highest BCUT2D eigenvalue weighted by Gasteiger charge is 2.51. The van der Waals surface area contributed by atoms with Gasteiger partial charge in [0.05, 0.1) is 5.41 Å². The summed E-state index contributed by atoms with van der Waals surface area (Å²) in [6, 6.07) is 75.5. The molecule has 0 amide bonds. The molecule has 0 radical (unpaired) electrons. The van der Waals surface area contributed by atoms with E-state index >= 15 is 0 Å². The number of hydrogen-bond donors (Lipinski definition) is 0. The van der Waals surface area contributed by atoms with Crippen LogP contribution in [0.1, 0.15) is 22.3 Å². The Kier molecular flexibility index (Phi) is 7.49. The minimum Gasteiger partial charge on any atom is -0.456 e. The Balaban J connectivity index is 0.961. The summed E-state index contributed by atoms with van der Waals surface area (Å²) in [5.41, 5.74) is 19.0. The molecule has 0 atom stereocenters. The van der Waals surface area contributed by atoms with Gasteiger partial charge in [0.1, 0.15) is 11.2 Å². The zero-order valence-corrected chi connectivity index (χ0v) is 33.5. The van der Waals surface area contributed by atoms with Crippen molar-refractivity contribution in [2.75, 3.05) is 0 Å². The second-order valence-corrected chi connectivity index (χ2v) is 16.2. The molecule has 13 rings (SSSR count). The van der Waals surface area contributed by atoms with Gasteiger partial charge in [-0.3, -0.25) is 0 Å². The van der Waals surface area contributed by atoms with Gasteiger partial charge >= 0.3 is 0 Å². The Bertz CT molecular complexity index is 3540. The van der Waals surface area contributed by atoms with Crippen molar-refractivity contribution in [3.8, 4) is 78.7 Å². The first-order valence-electron chi connectivity index (χ1n) is 21.1. The van der Waals surface area contributed by atoms with E-state index in [2.05, 4.69) is 176 Å². The van der Waals surface area contributed by atoms with E-state index in [0.29, 0.717) is 17.5 Å². The van der Waals surface area contributed by atoms with Crippen LogP contribution < -0.4 is 0 Å². The molecule has 2 aliphatic carbocycles. The first kappa shape index (κ1) is 34.6. The van der Waals surface area contributed by atoms with Crippen LogP contribution in [0.2, 0.25) is 0 Å². The van der Waals surface area contributed by atoms with Crippen LogP contribution in [-0.2, 0) is 5.41 Å². The van der Waals surface area contributed by atoms with Crippen molar-refractivity contribution in [3.63, 3.8) is 0 Å². The maximum atomic E-state index is 6.31. The summed E-state index contributed by atoms with van der Waals surface area (Å²) in [6.45, 7) is 0. The quantitative estimate of drug-likeness (QED) is 0.174. The third kappa shape index (κ3) is 4.92. The average molecular weight is 790 g/mol. The van der Waals surface area contributed by atoms with Crippen molar-refractivity contribution in [1.82, 2.24) is 15.0 Å².